The lowest BCUT2D eigenvalue weighted by atomic mass is 10.2. The summed E-state index contributed by atoms with van der Waals surface area (Å²) >= 11 is 1.59. The third-order valence-electron chi connectivity index (χ3n) is 1.27. The molecule has 4 heteroatoms. The van der Waals surface area contributed by atoms with Crippen LogP contribution in [0.1, 0.15) is 11.1 Å². The summed E-state index contributed by atoms with van der Waals surface area (Å²) in [5, 5.41) is 7.33. The Labute approximate surface area is 63.3 Å². The van der Waals surface area contributed by atoms with Gasteiger partial charge in [0.25, 0.3) is 0 Å². The number of rotatable bonds is 1. The van der Waals surface area contributed by atoms with Crippen LogP contribution in [0.5, 0.6) is 0 Å². The first kappa shape index (κ1) is 7.08. The van der Waals surface area contributed by atoms with E-state index in [-0.39, 0.29) is 0 Å². The van der Waals surface area contributed by atoms with Gasteiger partial charge >= 0.3 is 0 Å². The van der Waals surface area contributed by atoms with Crippen molar-refractivity contribution in [3.8, 4) is 0 Å². The fourth-order valence-corrected chi connectivity index (χ4v) is 1.53. The fourth-order valence-electron chi connectivity index (χ4n) is 0.692. The second-order valence-electron chi connectivity index (χ2n) is 1.98. The molecule has 0 amide bonds. The predicted octanol–water partition coefficient (Wildman–Crippen LogP) is 0.636. The van der Waals surface area contributed by atoms with Crippen molar-refractivity contribution in [1.82, 2.24) is 0 Å². The predicted molar refractivity (Wildman–Crippen MR) is 44.0 cm³/mol. The van der Waals surface area contributed by atoms with E-state index in [0.717, 1.165) is 11.1 Å². The number of hydrogen-bond donors (Lipinski definition) is 2. The minimum absolute atomic E-state index is 0.402. The molecular weight excluding hydrogens is 146 g/mol. The molecule has 0 atom stereocenters. The van der Waals surface area contributed by atoms with E-state index in [9.17, 15) is 0 Å². The van der Waals surface area contributed by atoms with Gasteiger partial charge in [0.05, 0.1) is 0 Å². The molecular formula is C6H9N3S. The number of hydrazone groups is 1. The lowest BCUT2D eigenvalue weighted by Gasteiger charge is -1.94. The molecule has 1 aromatic heterocycles. The Hall–Kier alpha value is -1.03. The number of hydrogen-bond acceptors (Lipinski definition) is 3. The maximum Gasteiger partial charge on any atom is 0.151 e. The largest absolute Gasteiger partial charge is 0.382 e. The average Bonchev–Trinajstić information content (AvgIpc) is 2.34. The van der Waals surface area contributed by atoms with E-state index >= 15 is 0 Å². The van der Waals surface area contributed by atoms with Crippen molar-refractivity contribution in [1.29, 1.82) is 0 Å². The van der Waals surface area contributed by atoms with Gasteiger partial charge in [0.15, 0.2) is 5.84 Å². The molecule has 4 N–H and O–H groups in total. The Balaban J connectivity index is 3.05. The van der Waals surface area contributed by atoms with Crippen LogP contribution < -0.4 is 11.6 Å². The van der Waals surface area contributed by atoms with Crippen LogP contribution >= 0.6 is 11.3 Å². The molecule has 1 heterocycles. The summed E-state index contributed by atoms with van der Waals surface area (Å²) in [5.41, 5.74) is 7.53. The summed E-state index contributed by atoms with van der Waals surface area (Å²) < 4.78 is 0. The van der Waals surface area contributed by atoms with Gasteiger partial charge in [0.2, 0.25) is 0 Å². The molecule has 3 nitrogen and oxygen atoms in total. The zero-order chi connectivity index (χ0) is 7.56. The molecule has 0 fully saturated rings. The minimum Gasteiger partial charge on any atom is -0.382 e. The van der Waals surface area contributed by atoms with E-state index in [0.29, 0.717) is 5.84 Å². The molecule has 10 heavy (non-hydrogen) atoms. The van der Waals surface area contributed by atoms with Gasteiger partial charge in [-0.15, -0.1) is 0 Å². The third kappa shape index (κ3) is 1.11. The van der Waals surface area contributed by atoms with Gasteiger partial charge in [-0.25, -0.2) is 0 Å². The lowest BCUT2D eigenvalue weighted by Crippen LogP contribution is -2.15. The first-order valence-electron chi connectivity index (χ1n) is 2.82. The Bertz CT molecular complexity index is 251. The van der Waals surface area contributed by atoms with Crippen LogP contribution in [-0.4, -0.2) is 5.84 Å². The van der Waals surface area contributed by atoms with Gasteiger partial charge in [-0.3, -0.25) is 0 Å². The first-order chi connectivity index (χ1) is 4.75. The summed E-state index contributed by atoms with van der Waals surface area (Å²) in [6.45, 7) is 1.98. The zero-order valence-corrected chi connectivity index (χ0v) is 6.48. The van der Waals surface area contributed by atoms with E-state index in [1.807, 2.05) is 17.7 Å². The number of amidine groups is 1. The molecule has 0 aromatic carbocycles. The molecule has 1 aromatic rings. The van der Waals surface area contributed by atoms with E-state index in [1.165, 1.54) is 0 Å². The van der Waals surface area contributed by atoms with Crippen molar-refractivity contribution in [2.24, 2.45) is 16.7 Å². The molecule has 54 valence electrons. The summed E-state index contributed by atoms with van der Waals surface area (Å²) in [5.74, 6) is 5.40. The second kappa shape index (κ2) is 2.70. The first-order valence-corrected chi connectivity index (χ1v) is 3.76. The topological polar surface area (TPSA) is 64.4 Å². The van der Waals surface area contributed by atoms with E-state index < -0.39 is 0 Å². The standard InChI is InChI=1S/C6H9N3S/c1-4-2-10-3-5(4)6(7)9-8/h2-3H,8H2,1H3,(H2,7,9). The normalized spacial score (nSPS) is 11.9. The van der Waals surface area contributed by atoms with E-state index in [2.05, 4.69) is 5.10 Å². The lowest BCUT2D eigenvalue weighted by molar-refractivity contribution is 1.23. The third-order valence-corrected chi connectivity index (χ3v) is 2.13. The van der Waals surface area contributed by atoms with Crippen molar-refractivity contribution in [3.63, 3.8) is 0 Å². The highest BCUT2D eigenvalue weighted by atomic mass is 32.1. The summed E-state index contributed by atoms with van der Waals surface area (Å²) in [4.78, 5) is 0. The van der Waals surface area contributed by atoms with Crippen LogP contribution in [0.25, 0.3) is 0 Å². The SMILES string of the molecule is Cc1cscc1C(N)=NN. The summed E-state index contributed by atoms with van der Waals surface area (Å²) in [6, 6.07) is 0. The Kier molecular flexibility index (Phi) is 1.91. The highest BCUT2D eigenvalue weighted by Gasteiger charge is 2.01. The molecule has 0 radical (unpaired) electrons. The monoisotopic (exact) mass is 155 g/mol. The molecule has 0 aliphatic rings. The van der Waals surface area contributed by atoms with E-state index in [1.54, 1.807) is 11.3 Å². The molecule has 0 aliphatic heterocycles. The van der Waals surface area contributed by atoms with Gasteiger partial charge in [-0.05, 0) is 17.9 Å². The minimum atomic E-state index is 0.402. The molecule has 0 saturated carbocycles. The van der Waals surface area contributed by atoms with Crippen LogP contribution in [0.4, 0.5) is 0 Å². The van der Waals surface area contributed by atoms with Crippen molar-refractivity contribution < 1.29 is 0 Å². The molecule has 0 bridgehead atoms. The highest BCUT2D eigenvalue weighted by molar-refractivity contribution is 7.08. The van der Waals surface area contributed by atoms with Crippen molar-refractivity contribution in [2.45, 2.75) is 6.92 Å². The smallest absolute Gasteiger partial charge is 0.151 e. The van der Waals surface area contributed by atoms with Crippen molar-refractivity contribution in [3.05, 3.63) is 21.9 Å². The van der Waals surface area contributed by atoms with Gasteiger partial charge in [-0.1, -0.05) is 0 Å². The molecule has 0 unspecified atom stereocenters. The van der Waals surface area contributed by atoms with Crippen molar-refractivity contribution in [2.75, 3.05) is 0 Å². The van der Waals surface area contributed by atoms with Crippen LogP contribution in [-0.2, 0) is 0 Å². The molecule has 0 saturated heterocycles. The maximum absolute atomic E-state index is 5.47. The number of nitrogens with two attached hydrogens (primary N) is 2. The maximum atomic E-state index is 5.47. The Morgan fingerprint density at radius 3 is 2.70 bits per heavy atom. The van der Waals surface area contributed by atoms with Gasteiger partial charge in [0, 0.05) is 10.9 Å². The van der Waals surface area contributed by atoms with Crippen LogP contribution in [0.3, 0.4) is 0 Å². The number of nitrogens with zero attached hydrogens (tertiary/aromatic N) is 1. The van der Waals surface area contributed by atoms with Gasteiger partial charge < -0.3 is 11.6 Å². The second-order valence-corrected chi connectivity index (χ2v) is 2.73. The average molecular weight is 155 g/mol. The van der Waals surface area contributed by atoms with E-state index in [4.69, 9.17) is 11.6 Å². The molecule has 1 rings (SSSR count). The molecule has 0 aliphatic carbocycles. The summed E-state index contributed by atoms with van der Waals surface area (Å²) in [7, 11) is 0. The Morgan fingerprint density at radius 1 is 1.60 bits per heavy atom. The van der Waals surface area contributed by atoms with Gasteiger partial charge in [0.1, 0.15) is 0 Å². The number of aryl methyl sites for hydroxylation is 1. The summed E-state index contributed by atoms with van der Waals surface area (Å²) in [6.07, 6.45) is 0. The molecule has 0 spiro atoms. The zero-order valence-electron chi connectivity index (χ0n) is 5.66. The van der Waals surface area contributed by atoms with Crippen LogP contribution in [0, 0.1) is 6.92 Å². The van der Waals surface area contributed by atoms with Crippen molar-refractivity contribution >= 4 is 17.2 Å². The fraction of sp³-hybridized carbons (Fsp3) is 0.167. The van der Waals surface area contributed by atoms with Gasteiger partial charge in [-0.2, -0.15) is 16.4 Å². The van der Waals surface area contributed by atoms with Crippen LogP contribution in [0.2, 0.25) is 0 Å². The Morgan fingerprint density at radius 2 is 2.30 bits per heavy atom. The highest BCUT2D eigenvalue weighted by Crippen LogP contribution is 2.12. The number of thiophene rings is 1. The quantitative estimate of drug-likeness (QED) is 0.270. The van der Waals surface area contributed by atoms with Crippen LogP contribution in [0.15, 0.2) is 15.9 Å².